The Kier molecular flexibility index (Phi) is 3.95. The molecule has 0 spiro atoms. The van der Waals surface area contributed by atoms with Gasteiger partial charge in [-0.3, -0.25) is 4.79 Å². The summed E-state index contributed by atoms with van der Waals surface area (Å²) in [4.78, 5) is 13.8. The number of nitrogens with zero attached hydrogens (tertiary/aromatic N) is 1. The van der Waals surface area contributed by atoms with Gasteiger partial charge in [0.1, 0.15) is 5.76 Å². The minimum atomic E-state index is 0.0769. The predicted octanol–water partition coefficient (Wildman–Crippen LogP) is 4.57. The standard InChI is InChI=1S/C20H21NO2/c1-13-4-5-19-12-18(10-11-20(19)21(13)15(3)23)17-8-6-16(7-9-17)14(2)22/h6-13,22H,2,4-5H2,1,3H3. The minimum absolute atomic E-state index is 0.0769. The fourth-order valence-corrected chi connectivity index (χ4v) is 3.27. The van der Waals surface area contributed by atoms with Crippen molar-refractivity contribution in [3.8, 4) is 11.1 Å². The average molecular weight is 307 g/mol. The molecule has 118 valence electrons. The number of anilines is 1. The van der Waals surface area contributed by atoms with Gasteiger partial charge in [0.25, 0.3) is 0 Å². The zero-order chi connectivity index (χ0) is 16.6. The van der Waals surface area contributed by atoms with E-state index in [0.29, 0.717) is 0 Å². The number of benzene rings is 2. The molecule has 1 heterocycles. The maximum Gasteiger partial charge on any atom is 0.224 e. The SMILES string of the molecule is C=C(O)c1ccc(-c2ccc3c(c2)CCC(C)N3C(C)=O)cc1. The first-order valence-electron chi connectivity index (χ1n) is 7.89. The van der Waals surface area contributed by atoms with E-state index in [4.69, 9.17) is 0 Å². The van der Waals surface area contributed by atoms with E-state index in [9.17, 15) is 9.90 Å². The van der Waals surface area contributed by atoms with Crippen molar-refractivity contribution < 1.29 is 9.90 Å². The van der Waals surface area contributed by atoms with Crippen molar-refractivity contribution in [3.63, 3.8) is 0 Å². The van der Waals surface area contributed by atoms with E-state index < -0.39 is 0 Å². The number of carbonyl (C=O) groups is 1. The summed E-state index contributed by atoms with van der Waals surface area (Å²) in [6.07, 6.45) is 1.97. The van der Waals surface area contributed by atoms with Crippen molar-refractivity contribution in [1.29, 1.82) is 0 Å². The van der Waals surface area contributed by atoms with Gasteiger partial charge in [-0.25, -0.2) is 0 Å². The van der Waals surface area contributed by atoms with Gasteiger partial charge >= 0.3 is 0 Å². The Hall–Kier alpha value is -2.55. The lowest BCUT2D eigenvalue weighted by atomic mass is 9.93. The van der Waals surface area contributed by atoms with Gasteiger partial charge in [-0.1, -0.05) is 36.9 Å². The van der Waals surface area contributed by atoms with Crippen LogP contribution in [0.3, 0.4) is 0 Å². The highest BCUT2D eigenvalue weighted by Crippen LogP contribution is 2.34. The van der Waals surface area contributed by atoms with Crippen LogP contribution in [0.1, 0.15) is 31.4 Å². The first-order chi connectivity index (χ1) is 11.0. The largest absolute Gasteiger partial charge is 0.508 e. The number of rotatable bonds is 2. The van der Waals surface area contributed by atoms with Gasteiger partial charge in [0, 0.05) is 24.2 Å². The van der Waals surface area contributed by atoms with Crippen LogP contribution in [-0.2, 0) is 11.2 Å². The molecule has 2 aromatic rings. The summed E-state index contributed by atoms with van der Waals surface area (Å²) in [6, 6.07) is 14.2. The second-order valence-corrected chi connectivity index (χ2v) is 6.14. The number of aliphatic hydroxyl groups is 1. The van der Waals surface area contributed by atoms with Crippen LogP contribution in [0.2, 0.25) is 0 Å². The number of aliphatic hydroxyl groups excluding tert-OH is 1. The summed E-state index contributed by atoms with van der Waals surface area (Å²) >= 11 is 0. The molecule has 0 saturated carbocycles. The van der Waals surface area contributed by atoms with Crippen LogP contribution in [0, 0.1) is 0 Å². The van der Waals surface area contributed by atoms with Crippen LogP contribution in [0.4, 0.5) is 5.69 Å². The minimum Gasteiger partial charge on any atom is -0.508 e. The zero-order valence-electron chi connectivity index (χ0n) is 13.5. The van der Waals surface area contributed by atoms with Gasteiger partial charge < -0.3 is 10.0 Å². The van der Waals surface area contributed by atoms with Crippen molar-refractivity contribution in [2.45, 2.75) is 32.7 Å². The Morgan fingerprint density at radius 1 is 1.17 bits per heavy atom. The van der Waals surface area contributed by atoms with Crippen LogP contribution in [0.15, 0.2) is 49.0 Å². The molecular weight excluding hydrogens is 286 g/mol. The van der Waals surface area contributed by atoms with Crippen molar-refractivity contribution in [3.05, 3.63) is 60.2 Å². The van der Waals surface area contributed by atoms with E-state index in [-0.39, 0.29) is 17.7 Å². The lowest BCUT2D eigenvalue weighted by molar-refractivity contribution is -0.117. The molecule has 0 aromatic heterocycles. The summed E-state index contributed by atoms with van der Waals surface area (Å²) in [7, 11) is 0. The molecule has 2 aromatic carbocycles. The topological polar surface area (TPSA) is 40.5 Å². The number of hydrogen-bond acceptors (Lipinski definition) is 2. The number of aryl methyl sites for hydroxylation is 1. The molecule has 23 heavy (non-hydrogen) atoms. The molecule has 1 aliphatic heterocycles. The predicted molar refractivity (Wildman–Crippen MR) is 94.5 cm³/mol. The maximum absolute atomic E-state index is 11.9. The second-order valence-electron chi connectivity index (χ2n) is 6.14. The van der Waals surface area contributed by atoms with Crippen molar-refractivity contribution in [2.75, 3.05) is 4.90 Å². The summed E-state index contributed by atoms with van der Waals surface area (Å²) < 4.78 is 0. The second kappa shape index (κ2) is 5.92. The third-order valence-corrected chi connectivity index (χ3v) is 4.50. The molecule has 1 aliphatic rings. The van der Waals surface area contributed by atoms with Gasteiger partial charge in [0.05, 0.1) is 0 Å². The monoisotopic (exact) mass is 307 g/mol. The van der Waals surface area contributed by atoms with Crippen molar-refractivity contribution >= 4 is 17.4 Å². The van der Waals surface area contributed by atoms with Crippen LogP contribution >= 0.6 is 0 Å². The van der Waals surface area contributed by atoms with Gasteiger partial charge in [-0.15, -0.1) is 0 Å². The highest BCUT2D eigenvalue weighted by Gasteiger charge is 2.26. The normalized spacial score (nSPS) is 16.8. The maximum atomic E-state index is 11.9. The fraction of sp³-hybridized carbons (Fsp3) is 0.250. The number of amides is 1. The van der Waals surface area contributed by atoms with Crippen LogP contribution in [-0.4, -0.2) is 17.1 Å². The summed E-state index contributed by atoms with van der Waals surface area (Å²) in [5.41, 5.74) is 5.18. The zero-order valence-corrected chi connectivity index (χ0v) is 13.5. The quantitative estimate of drug-likeness (QED) is 0.826. The van der Waals surface area contributed by atoms with Crippen LogP contribution in [0.5, 0.6) is 0 Å². The Balaban J connectivity index is 1.98. The molecule has 1 unspecified atom stereocenters. The Bertz CT molecular complexity index is 762. The van der Waals surface area contributed by atoms with Crippen LogP contribution in [0.25, 0.3) is 16.9 Å². The highest BCUT2D eigenvalue weighted by atomic mass is 16.3. The first kappa shape index (κ1) is 15.3. The molecule has 1 N–H and O–H groups in total. The Morgan fingerprint density at radius 3 is 2.43 bits per heavy atom. The van der Waals surface area contributed by atoms with E-state index in [1.807, 2.05) is 35.2 Å². The highest BCUT2D eigenvalue weighted by molar-refractivity contribution is 5.94. The first-order valence-corrected chi connectivity index (χ1v) is 7.89. The molecule has 1 atom stereocenters. The number of fused-ring (bicyclic) bond motifs is 1. The van der Waals surface area contributed by atoms with E-state index in [2.05, 4.69) is 25.6 Å². The van der Waals surface area contributed by atoms with E-state index in [1.165, 1.54) is 5.56 Å². The molecular formula is C20H21NO2. The molecule has 0 saturated heterocycles. The Labute approximate surface area is 136 Å². The molecule has 0 aliphatic carbocycles. The molecule has 3 rings (SSSR count). The lowest BCUT2D eigenvalue weighted by Crippen LogP contribution is -2.40. The van der Waals surface area contributed by atoms with Gasteiger partial charge in [-0.05, 0) is 48.6 Å². The number of carbonyl (C=O) groups excluding carboxylic acids is 1. The van der Waals surface area contributed by atoms with Gasteiger partial charge in [-0.2, -0.15) is 0 Å². The fourth-order valence-electron chi connectivity index (χ4n) is 3.27. The third-order valence-electron chi connectivity index (χ3n) is 4.50. The van der Waals surface area contributed by atoms with Gasteiger partial charge in [0.2, 0.25) is 5.91 Å². The van der Waals surface area contributed by atoms with Crippen molar-refractivity contribution in [2.24, 2.45) is 0 Å². The molecule has 3 heteroatoms. The lowest BCUT2D eigenvalue weighted by Gasteiger charge is -2.34. The summed E-state index contributed by atoms with van der Waals surface area (Å²) in [6.45, 7) is 7.26. The molecule has 0 radical (unpaired) electrons. The molecule has 1 amide bonds. The molecule has 0 bridgehead atoms. The third kappa shape index (κ3) is 2.87. The summed E-state index contributed by atoms with van der Waals surface area (Å²) in [5, 5.41) is 9.42. The number of hydrogen-bond donors (Lipinski definition) is 1. The van der Waals surface area contributed by atoms with Crippen molar-refractivity contribution in [1.82, 2.24) is 0 Å². The van der Waals surface area contributed by atoms with Crippen LogP contribution < -0.4 is 4.90 Å². The summed E-state index contributed by atoms with van der Waals surface area (Å²) in [5.74, 6) is 0.171. The van der Waals surface area contributed by atoms with E-state index in [0.717, 1.165) is 35.2 Å². The smallest absolute Gasteiger partial charge is 0.224 e. The van der Waals surface area contributed by atoms with E-state index >= 15 is 0 Å². The van der Waals surface area contributed by atoms with E-state index in [1.54, 1.807) is 6.92 Å². The average Bonchev–Trinajstić information content (AvgIpc) is 2.54. The van der Waals surface area contributed by atoms with Gasteiger partial charge in [0.15, 0.2) is 0 Å². The molecule has 3 nitrogen and oxygen atoms in total. The Morgan fingerprint density at radius 2 is 1.83 bits per heavy atom. The molecule has 0 fully saturated rings.